The Morgan fingerprint density at radius 2 is 2.02 bits per heavy atom. The summed E-state index contributed by atoms with van der Waals surface area (Å²) in [5, 5.41) is 13.9. The Balaban J connectivity index is 1.21. The van der Waals surface area contributed by atoms with Crippen molar-refractivity contribution in [2.75, 3.05) is 18.4 Å². The van der Waals surface area contributed by atoms with E-state index in [0.717, 1.165) is 24.3 Å². The van der Waals surface area contributed by atoms with Crippen molar-refractivity contribution in [1.29, 1.82) is 5.41 Å². The molecule has 0 radical (unpaired) electrons. The van der Waals surface area contributed by atoms with Crippen LogP contribution in [0.4, 0.5) is 24.8 Å². The molecule has 0 saturated carbocycles. The molecule has 4 heterocycles. The number of pyridine rings is 1. The van der Waals surface area contributed by atoms with E-state index in [9.17, 15) is 13.2 Å². The number of alkyl halides is 3. The molecule has 1 saturated heterocycles. The van der Waals surface area contributed by atoms with Crippen molar-refractivity contribution in [3.8, 4) is 5.75 Å². The summed E-state index contributed by atoms with van der Waals surface area (Å²) in [4.78, 5) is 14.9. The molecule has 0 spiro atoms. The summed E-state index contributed by atoms with van der Waals surface area (Å²) < 4.78 is 55.4. The van der Waals surface area contributed by atoms with Gasteiger partial charge in [-0.25, -0.2) is 4.98 Å². The summed E-state index contributed by atoms with van der Waals surface area (Å²) >= 11 is 6.69. The Morgan fingerprint density at radius 3 is 2.76 bits per heavy atom. The first-order chi connectivity index (χ1) is 22.2. The lowest BCUT2D eigenvalue weighted by Gasteiger charge is -2.19. The number of halogens is 4. The van der Waals surface area contributed by atoms with Crippen LogP contribution in [-0.2, 0) is 31.1 Å². The van der Waals surface area contributed by atoms with Crippen molar-refractivity contribution in [3.63, 3.8) is 0 Å². The van der Waals surface area contributed by atoms with E-state index in [0.29, 0.717) is 43.0 Å². The lowest BCUT2D eigenvalue weighted by molar-refractivity contribution is -0.137. The fraction of sp³-hybridized carbons (Fsp3) is 0.250. The highest BCUT2D eigenvalue weighted by molar-refractivity contribution is 6.36. The summed E-state index contributed by atoms with van der Waals surface area (Å²) in [7, 11) is 1.67. The van der Waals surface area contributed by atoms with E-state index >= 15 is 0 Å². The van der Waals surface area contributed by atoms with Gasteiger partial charge in [-0.1, -0.05) is 41.9 Å². The number of hydrogen-bond acceptors (Lipinski definition) is 9. The van der Waals surface area contributed by atoms with Crippen molar-refractivity contribution in [1.82, 2.24) is 24.8 Å². The maximum absolute atomic E-state index is 14.0. The highest BCUT2D eigenvalue weighted by atomic mass is 35.5. The van der Waals surface area contributed by atoms with Crippen LogP contribution in [0, 0.1) is 5.41 Å². The van der Waals surface area contributed by atoms with Crippen LogP contribution in [-0.4, -0.2) is 51.1 Å². The van der Waals surface area contributed by atoms with Crippen molar-refractivity contribution >= 4 is 46.8 Å². The van der Waals surface area contributed by atoms with Crippen LogP contribution < -0.4 is 15.4 Å². The number of benzene rings is 2. The molecule has 6 rings (SSSR count). The number of rotatable bonds is 10. The highest BCUT2D eigenvalue weighted by Crippen LogP contribution is 2.36. The van der Waals surface area contributed by atoms with Gasteiger partial charge in [0.1, 0.15) is 16.2 Å². The number of nitrogens with one attached hydrogen (secondary N) is 3. The standard InChI is InChI=1S/C32H30ClF3N8O2/c1-43-29-28(33)27(46-26(14-37)25-15-38-8-9-39-25)16-40-30(29)42-31(43)41-23-12-21(11-22(13-23)32(34,35)36)17-44-10-7-24(18-44)45-19-20-5-3-2-4-6-20/h2-6,8-9,11-16,24,37,39H,7,10,17-19H2,1H3,(H,40,41,42)/b26-25+,37-14?/t24-/m0/s1. The van der Waals surface area contributed by atoms with Crippen molar-refractivity contribution < 1.29 is 22.6 Å². The number of aryl methyl sites for hydroxylation is 1. The predicted molar refractivity (Wildman–Crippen MR) is 170 cm³/mol. The largest absolute Gasteiger partial charge is 0.450 e. The maximum Gasteiger partial charge on any atom is 0.416 e. The molecular formula is C32H30ClF3N8O2. The predicted octanol–water partition coefficient (Wildman–Crippen LogP) is 6.56. The van der Waals surface area contributed by atoms with E-state index in [-0.39, 0.29) is 39.9 Å². The summed E-state index contributed by atoms with van der Waals surface area (Å²) in [5.41, 5.74) is 2.15. The van der Waals surface area contributed by atoms with E-state index in [1.165, 1.54) is 18.5 Å². The minimum Gasteiger partial charge on any atom is -0.450 e. The van der Waals surface area contributed by atoms with E-state index in [4.69, 9.17) is 26.5 Å². The number of likely N-dealkylation sites (tertiary alicyclic amines) is 1. The van der Waals surface area contributed by atoms with Gasteiger partial charge in [-0.3, -0.25) is 9.89 Å². The Bertz CT molecular complexity index is 1840. The first kappa shape index (κ1) is 31.3. The molecule has 10 nitrogen and oxygen atoms in total. The molecule has 0 unspecified atom stereocenters. The molecule has 2 aromatic carbocycles. The average molecular weight is 651 g/mol. The Morgan fingerprint density at radius 1 is 1.20 bits per heavy atom. The van der Waals surface area contributed by atoms with Crippen LogP contribution in [0.15, 0.2) is 83.6 Å². The molecule has 46 heavy (non-hydrogen) atoms. The number of aliphatic imine (C=N–C) groups is 1. The second kappa shape index (κ2) is 13.3. The van der Waals surface area contributed by atoms with Crippen LogP contribution in [0.1, 0.15) is 23.1 Å². The lowest BCUT2D eigenvalue weighted by atomic mass is 10.1. The normalized spacial score (nSPS) is 17.7. The first-order valence-corrected chi connectivity index (χ1v) is 14.8. The third-order valence-electron chi connectivity index (χ3n) is 7.56. The summed E-state index contributed by atoms with van der Waals surface area (Å²) in [6, 6.07) is 13.8. The number of allylic oxidation sites excluding steroid dienone is 2. The summed E-state index contributed by atoms with van der Waals surface area (Å²) in [5.74, 6) is 0.553. The smallest absolute Gasteiger partial charge is 0.416 e. The van der Waals surface area contributed by atoms with Crippen LogP contribution in [0.25, 0.3) is 11.2 Å². The number of fused-ring (bicyclic) bond motifs is 1. The number of hydrogen-bond donors (Lipinski definition) is 3. The van der Waals surface area contributed by atoms with Crippen molar-refractivity contribution in [3.05, 3.63) is 100 Å². The van der Waals surface area contributed by atoms with Gasteiger partial charge in [0.05, 0.1) is 36.9 Å². The number of nitrogens with zero attached hydrogens (tertiary/aromatic N) is 5. The second-order valence-electron chi connectivity index (χ2n) is 10.8. The van der Waals surface area contributed by atoms with Crippen LogP contribution in [0.5, 0.6) is 5.75 Å². The number of anilines is 2. The lowest BCUT2D eigenvalue weighted by Crippen LogP contribution is -2.23. The monoisotopic (exact) mass is 650 g/mol. The number of imidazole rings is 1. The zero-order valence-corrected chi connectivity index (χ0v) is 25.4. The van der Waals surface area contributed by atoms with Gasteiger partial charge in [-0.15, -0.1) is 0 Å². The number of ether oxygens (including phenoxy) is 2. The second-order valence-corrected chi connectivity index (χ2v) is 11.2. The van der Waals surface area contributed by atoms with E-state index in [1.54, 1.807) is 30.1 Å². The molecule has 238 valence electrons. The maximum atomic E-state index is 14.0. The van der Waals surface area contributed by atoms with Gasteiger partial charge in [0.15, 0.2) is 17.2 Å². The quantitative estimate of drug-likeness (QED) is 0.132. The molecule has 1 fully saturated rings. The summed E-state index contributed by atoms with van der Waals surface area (Å²) in [6.45, 7) is 2.17. The van der Waals surface area contributed by atoms with Gasteiger partial charge in [-0.05, 0) is 35.7 Å². The number of aromatic nitrogens is 3. The topological polar surface area (TPSA) is 113 Å². The van der Waals surface area contributed by atoms with Gasteiger partial charge in [0.25, 0.3) is 0 Å². The van der Waals surface area contributed by atoms with E-state index in [2.05, 4.69) is 30.5 Å². The highest BCUT2D eigenvalue weighted by Gasteiger charge is 2.32. The zero-order valence-electron chi connectivity index (χ0n) is 24.7. The molecule has 0 amide bonds. The Labute approximate surface area is 267 Å². The SMILES string of the molecule is Cn1c(Nc2cc(CN3CC[C@H](OCc4ccccc4)C3)cc(C(F)(F)F)c2)nc2ncc(O/C(C=N)=C3\C=NC=CN3)c(Cl)c21. The minimum absolute atomic E-state index is 0.00453. The molecule has 3 N–H and O–H groups in total. The summed E-state index contributed by atoms with van der Waals surface area (Å²) in [6.07, 6.45) is 3.28. The van der Waals surface area contributed by atoms with E-state index in [1.807, 2.05) is 30.3 Å². The van der Waals surface area contributed by atoms with Crippen molar-refractivity contribution in [2.24, 2.45) is 12.0 Å². The fourth-order valence-corrected chi connectivity index (χ4v) is 5.61. The zero-order chi connectivity index (χ0) is 32.3. The molecule has 4 aromatic rings. The minimum atomic E-state index is -4.54. The first-order valence-electron chi connectivity index (χ1n) is 14.4. The molecule has 14 heteroatoms. The Kier molecular flexibility index (Phi) is 9.06. The van der Waals surface area contributed by atoms with Gasteiger partial charge >= 0.3 is 6.18 Å². The van der Waals surface area contributed by atoms with Gasteiger partial charge in [0, 0.05) is 44.8 Å². The van der Waals surface area contributed by atoms with Crippen LogP contribution in [0.2, 0.25) is 5.02 Å². The third kappa shape index (κ3) is 7.06. The molecule has 1 atom stereocenters. The van der Waals surface area contributed by atoms with Crippen LogP contribution >= 0.6 is 11.6 Å². The average Bonchev–Trinajstić information content (AvgIpc) is 3.63. The molecular weight excluding hydrogens is 621 g/mol. The van der Waals surface area contributed by atoms with Gasteiger partial charge < -0.3 is 30.1 Å². The Hall–Kier alpha value is -4.72. The van der Waals surface area contributed by atoms with Gasteiger partial charge in [-0.2, -0.15) is 18.2 Å². The van der Waals surface area contributed by atoms with E-state index < -0.39 is 11.7 Å². The molecule has 2 aromatic heterocycles. The molecule has 2 aliphatic heterocycles. The molecule has 2 aliphatic rings. The van der Waals surface area contributed by atoms with Gasteiger partial charge in [0.2, 0.25) is 5.95 Å². The molecule has 0 aliphatic carbocycles. The fourth-order valence-electron chi connectivity index (χ4n) is 5.31. The van der Waals surface area contributed by atoms with Crippen LogP contribution in [0.3, 0.4) is 0 Å². The van der Waals surface area contributed by atoms with Crippen molar-refractivity contribution in [2.45, 2.75) is 31.9 Å². The molecule has 0 bridgehead atoms. The third-order valence-corrected chi connectivity index (χ3v) is 7.93.